The van der Waals surface area contributed by atoms with Gasteiger partial charge in [-0.15, -0.1) is 0 Å². The van der Waals surface area contributed by atoms with Crippen molar-refractivity contribution in [3.05, 3.63) is 79.6 Å². The highest BCUT2D eigenvalue weighted by Gasteiger charge is 2.25. The van der Waals surface area contributed by atoms with Crippen molar-refractivity contribution >= 4 is 46.2 Å². The van der Waals surface area contributed by atoms with Crippen molar-refractivity contribution in [2.75, 3.05) is 17.9 Å². The van der Waals surface area contributed by atoms with Gasteiger partial charge in [-0.1, -0.05) is 23.7 Å². The fourth-order valence-corrected chi connectivity index (χ4v) is 2.78. The predicted octanol–water partition coefficient (Wildman–Crippen LogP) is 3.46. The summed E-state index contributed by atoms with van der Waals surface area (Å²) in [5.74, 6) is -0.864. The number of para-hydroxylation sites is 2. The molecule has 1 heterocycles. The second-order valence-corrected chi connectivity index (χ2v) is 6.41. The summed E-state index contributed by atoms with van der Waals surface area (Å²) >= 11 is 5.73. The van der Waals surface area contributed by atoms with Gasteiger partial charge in [0.05, 0.1) is 22.6 Å². The minimum absolute atomic E-state index is 0.0994. The zero-order valence-corrected chi connectivity index (χ0v) is 17.0. The molecule has 3 aromatic rings. The maximum absolute atomic E-state index is 12.4. The lowest BCUT2D eigenvalue weighted by molar-refractivity contribution is -0.384. The van der Waals surface area contributed by atoms with Crippen molar-refractivity contribution in [2.24, 2.45) is 0 Å². The summed E-state index contributed by atoms with van der Waals surface area (Å²) in [6.45, 7) is 0. The number of nitro benzene ring substituents is 1. The highest BCUT2D eigenvalue weighted by atomic mass is 35.5. The zero-order valence-electron chi connectivity index (χ0n) is 16.2. The summed E-state index contributed by atoms with van der Waals surface area (Å²) in [6, 6.07) is 10.1. The Bertz CT molecular complexity index is 1210. The van der Waals surface area contributed by atoms with Crippen LogP contribution in [0.3, 0.4) is 0 Å². The lowest BCUT2D eigenvalue weighted by Crippen LogP contribution is -2.30. The fourth-order valence-electron chi connectivity index (χ4n) is 2.59. The Hall–Kier alpha value is -4.52. The first-order chi connectivity index (χ1) is 15.3. The molecule has 0 fully saturated rings. The number of aromatic nitrogens is 2. The SMILES string of the molecule is COc1ccccc1Nc1ncnc(NNC(=O)c2ccc(Cl)c([N+](=O)[O-])c2)c1[N+](=O)[O-]. The molecular formula is C18H14ClN7O6. The number of hydrogen-bond acceptors (Lipinski definition) is 10. The molecule has 1 amide bonds. The van der Waals surface area contributed by atoms with Gasteiger partial charge < -0.3 is 10.1 Å². The quantitative estimate of drug-likeness (QED) is 0.334. The van der Waals surface area contributed by atoms with E-state index in [1.165, 1.54) is 19.2 Å². The number of methoxy groups -OCH3 is 1. The van der Waals surface area contributed by atoms with Crippen LogP contribution < -0.4 is 20.9 Å². The maximum atomic E-state index is 12.4. The minimum Gasteiger partial charge on any atom is -0.495 e. The van der Waals surface area contributed by atoms with Gasteiger partial charge in [-0.05, 0) is 24.3 Å². The van der Waals surface area contributed by atoms with E-state index in [2.05, 4.69) is 26.1 Å². The van der Waals surface area contributed by atoms with Gasteiger partial charge >= 0.3 is 5.69 Å². The summed E-state index contributed by atoms with van der Waals surface area (Å²) in [5, 5.41) is 25.3. The Labute approximate surface area is 184 Å². The third kappa shape index (κ3) is 4.79. The molecule has 32 heavy (non-hydrogen) atoms. The number of amides is 1. The average Bonchev–Trinajstić information content (AvgIpc) is 2.77. The van der Waals surface area contributed by atoms with E-state index in [9.17, 15) is 25.0 Å². The molecule has 14 heteroatoms. The van der Waals surface area contributed by atoms with Crippen LogP contribution in [-0.4, -0.2) is 32.8 Å². The highest BCUT2D eigenvalue weighted by molar-refractivity contribution is 6.32. The molecule has 0 saturated carbocycles. The number of nitro groups is 2. The van der Waals surface area contributed by atoms with Gasteiger partial charge in [-0.3, -0.25) is 35.9 Å². The second-order valence-electron chi connectivity index (χ2n) is 6.00. The van der Waals surface area contributed by atoms with Gasteiger partial charge in [0.15, 0.2) is 0 Å². The van der Waals surface area contributed by atoms with Crippen molar-refractivity contribution in [3.63, 3.8) is 0 Å². The molecule has 164 valence electrons. The van der Waals surface area contributed by atoms with E-state index in [1.54, 1.807) is 24.3 Å². The molecule has 1 aromatic heterocycles. The Morgan fingerprint density at radius 1 is 1.06 bits per heavy atom. The molecular weight excluding hydrogens is 446 g/mol. The van der Waals surface area contributed by atoms with Crippen molar-refractivity contribution in [3.8, 4) is 5.75 Å². The zero-order chi connectivity index (χ0) is 23.3. The molecule has 0 radical (unpaired) electrons. The molecule has 0 spiro atoms. The van der Waals surface area contributed by atoms with Crippen LogP contribution in [-0.2, 0) is 0 Å². The number of nitrogens with one attached hydrogen (secondary N) is 3. The fraction of sp³-hybridized carbons (Fsp3) is 0.0556. The molecule has 0 aliphatic heterocycles. The lowest BCUT2D eigenvalue weighted by atomic mass is 10.2. The molecule has 0 aliphatic rings. The Kier molecular flexibility index (Phi) is 6.60. The number of carbonyl (C=O) groups is 1. The third-order valence-corrected chi connectivity index (χ3v) is 4.38. The molecule has 3 N–H and O–H groups in total. The van der Waals surface area contributed by atoms with E-state index in [1.807, 2.05) is 0 Å². The van der Waals surface area contributed by atoms with Crippen molar-refractivity contribution in [1.29, 1.82) is 0 Å². The maximum Gasteiger partial charge on any atom is 0.355 e. The first-order valence-corrected chi connectivity index (χ1v) is 9.09. The van der Waals surface area contributed by atoms with E-state index < -0.39 is 27.1 Å². The van der Waals surface area contributed by atoms with Gasteiger partial charge in [0.1, 0.15) is 17.1 Å². The largest absolute Gasteiger partial charge is 0.495 e. The van der Waals surface area contributed by atoms with Crippen molar-refractivity contribution < 1.29 is 19.4 Å². The summed E-state index contributed by atoms with van der Waals surface area (Å²) in [4.78, 5) is 41.2. The van der Waals surface area contributed by atoms with Gasteiger partial charge in [0.2, 0.25) is 11.6 Å². The number of nitrogens with zero attached hydrogens (tertiary/aromatic N) is 4. The summed E-state index contributed by atoms with van der Waals surface area (Å²) in [6.07, 6.45) is 1.05. The molecule has 0 saturated heterocycles. The molecule has 0 atom stereocenters. The van der Waals surface area contributed by atoms with Gasteiger partial charge in [-0.2, -0.15) is 0 Å². The van der Waals surface area contributed by atoms with Gasteiger partial charge in [0.25, 0.3) is 11.6 Å². The monoisotopic (exact) mass is 459 g/mol. The van der Waals surface area contributed by atoms with Crippen LogP contribution in [0.15, 0.2) is 48.8 Å². The van der Waals surface area contributed by atoms with Crippen LogP contribution >= 0.6 is 11.6 Å². The number of ether oxygens (including phenoxy) is 1. The number of hydrazine groups is 1. The number of benzene rings is 2. The predicted molar refractivity (Wildman–Crippen MR) is 114 cm³/mol. The van der Waals surface area contributed by atoms with Crippen molar-refractivity contribution in [1.82, 2.24) is 15.4 Å². The van der Waals surface area contributed by atoms with Crippen LogP contribution in [0.5, 0.6) is 5.75 Å². The number of hydrogen-bond donors (Lipinski definition) is 3. The molecule has 3 rings (SSSR count). The van der Waals surface area contributed by atoms with Crippen LogP contribution in [0.25, 0.3) is 0 Å². The number of carbonyl (C=O) groups excluding carboxylic acids is 1. The van der Waals surface area contributed by atoms with Crippen molar-refractivity contribution in [2.45, 2.75) is 0 Å². The van der Waals surface area contributed by atoms with Gasteiger partial charge in [-0.25, -0.2) is 9.97 Å². The first kappa shape index (κ1) is 22.2. The van der Waals surface area contributed by atoms with Crippen LogP contribution in [0.2, 0.25) is 5.02 Å². The number of rotatable bonds is 8. The van der Waals surface area contributed by atoms with E-state index in [0.29, 0.717) is 11.4 Å². The Morgan fingerprint density at radius 2 is 1.78 bits per heavy atom. The van der Waals surface area contributed by atoms with Crippen LogP contribution in [0.1, 0.15) is 10.4 Å². The van der Waals surface area contributed by atoms with E-state index in [0.717, 1.165) is 12.4 Å². The third-order valence-electron chi connectivity index (χ3n) is 4.06. The normalized spacial score (nSPS) is 10.2. The number of anilines is 3. The Morgan fingerprint density at radius 3 is 2.47 bits per heavy atom. The minimum atomic E-state index is -0.808. The first-order valence-electron chi connectivity index (χ1n) is 8.71. The molecule has 0 aliphatic carbocycles. The number of halogens is 1. The van der Waals surface area contributed by atoms with E-state index >= 15 is 0 Å². The summed E-state index contributed by atoms with van der Waals surface area (Å²) < 4.78 is 5.21. The average molecular weight is 460 g/mol. The summed E-state index contributed by atoms with van der Waals surface area (Å²) in [5.41, 5.74) is 3.85. The van der Waals surface area contributed by atoms with Gasteiger partial charge in [0, 0.05) is 11.6 Å². The van der Waals surface area contributed by atoms with E-state index in [4.69, 9.17) is 16.3 Å². The summed E-state index contributed by atoms with van der Waals surface area (Å²) in [7, 11) is 1.44. The van der Waals surface area contributed by atoms with E-state index in [-0.39, 0.29) is 22.2 Å². The van der Waals surface area contributed by atoms with Crippen LogP contribution in [0, 0.1) is 20.2 Å². The lowest BCUT2D eigenvalue weighted by Gasteiger charge is -2.12. The molecule has 0 bridgehead atoms. The highest BCUT2D eigenvalue weighted by Crippen LogP contribution is 2.34. The molecule has 13 nitrogen and oxygen atoms in total. The molecule has 0 unspecified atom stereocenters. The molecule has 2 aromatic carbocycles. The smallest absolute Gasteiger partial charge is 0.355 e. The topological polar surface area (TPSA) is 174 Å². The standard InChI is InChI=1S/C18H14ClN7O6/c1-32-14-5-3-2-4-12(14)22-16-15(26(30)31)17(21-9-20-16)23-24-18(27)10-6-7-11(19)13(8-10)25(28)29/h2-9H,1H3,(H,24,27)(H2,20,21,22,23). The Balaban J connectivity index is 1.85. The van der Waals surface area contributed by atoms with Crippen LogP contribution in [0.4, 0.5) is 28.7 Å². The second kappa shape index (κ2) is 9.53.